The molecule has 0 saturated heterocycles. The van der Waals surface area contributed by atoms with Gasteiger partial charge < -0.3 is 5.32 Å². The fraction of sp³-hybridized carbons (Fsp3) is 0.429. The molecule has 0 bridgehead atoms. The van der Waals surface area contributed by atoms with Gasteiger partial charge in [-0.2, -0.15) is 13.2 Å². The number of tetrazole rings is 1. The van der Waals surface area contributed by atoms with Crippen LogP contribution in [0.5, 0.6) is 0 Å². The van der Waals surface area contributed by atoms with Gasteiger partial charge in [-0.1, -0.05) is 12.8 Å². The van der Waals surface area contributed by atoms with E-state index in [1.807, 2.05) is 0 Å². The second-order valence-electron chi connectivity index (χ2n) is 5.40. The maximum absolute atomic E-state index is 12.5. The van der Waals surface area contributed by atoms with Crippen LogP contribution in [0.15, 0.2) is 24.3 Å². The molecule has 9 heteroatoms. The second-order valence-corrected chi connectivity index (χ2v) is 5.40. The van der Waals surface area contributed by atoms with Gasteiger partial charge in [0, 0.05) is 6.04 Å². The van der Waals surface area contributed by atoms with E-state index in [0.29, 0.717) is 5.69 Å². The van der Waals surface area contributed by atoms with Gasteiger partial charge in [0.25, 0.3) is 11.7 Å². The fourth-order valence-electron chi connectivity index (χ4n) is 2.52. The van der Waals surface area contributed by atoms with Crippen LogP contribution in [0.1, 0.15) is 41.9 Å². The highest BCUT2D eigenvalue weighted by Crippen LogP contribution is 2.29. The Labute approximate surface area is 129 Å². The molecule has 1 saturated carbocycles. The summed E-state index contributed by atoms with van der Waals surface area (Å²) in [6.45, 7) is 0. The van der Waals surface area contributed by atoms with E-state index in [9.17, 15) is 18.0 Å². The third-order valence-electron chi connectivity index (χ3n) is 3.73. The first-order valence-corrected chi connectivity index (χ1v) is 7.22. The summed E-state index contributed by atoms with van der Waals surface area (Å²) in [6, 6.07) is 4.43. The van der Waals surface area contributed by atoms with Gasteiger partial charge in [-0.25, -0.2) is 0 Å². The van der Waals surface area contributed by atoms with Crippen LogP contribution in [0.3, 0.4) is 0 Å². The molecular weight excluding hydrogens is 311 g/mol. The second kappa shape index (κ2) is 5.98. The molecule has 23 heavy (non-hydrogen) atoms. The summed E-state index contributed by atoms with van der Waals surface area (Å²) >= 11 is 0. The molecule has 1 aromatic carbocycles. The minimum atomic E-state index is -4.40. The molecule has 122 valence electrons. The van der Waals surface area contributed by atoms with Crippen LogP contribution in [0, 0.1) is 0 Å². The molecule has 1 N–H and O–H groups in total. The van der Waals surface area contributed by atoms with Crippen LogP contribution in [0.2, 0.25) is 0 Å². The number of amides is 1. The molecule has 0 atom stereocenters. The first kappa shape index (κ1) is 15.4. The molecule has 0 radical (unpaired) electrons. The Bertz CT molecular complexity index is 689. The Morgan fingerprint density at radius 3 is 2.43 bits per heavy atom. The molecule has 1 fully saturated rings. The lowest BCUT2D eigenvalue weighted by atomic mass is 10.2. The third kappa shape index (κ3) is 3.49. The SMILES string of the molecule is O=C(NC1CCCC1)c1nnn(-c2ccc(C(F)(F)F)cc2)n1. The van der Waals surface area contributed by atoms with Gasteiger partial charge in [0.15, 0.2) is 0 Å². The smallest absolute Gasteiger partial charge is 0.346 e. The Kier molecular flexibility index (Phi) is 4.01. The van der Waals surface area contributed by atoms with E-state index < -0.39 is 17.6 Å². The summed E-state index contributed by atoms with van der Waals surface area (Å²) in [7, 11) is 0. The van der Waals surface area contributed by atoms with Crippen molar-refractivity contribution >= 4 is 5.91 Å². The quantitative estimate of drug-likeness (QED) is 0.940. The molecule has 1 amide bonds. The Balaban J connectivity index is 1.72. The average Bonchev–Trinajstić information content (AvgIpc) is 3.17. The number of carbonyl (C=O) groups excluding carboxylic acids is 1. The van der Waals surface area contributed by atoms with Crippen LogP contribution in [-0.4, -0.2) is 32.2 Å². The van der Waals surface area contributed by atoms with Crippen LogP contribution < -0.4 is 5.32 Å². The van der Waals surface area contributed by atoms with Gasteiger partial charge in [0.05, 0.1) is 11.3 Å². The van der Waals surface area contributed by atoms with Crippen molar-refractivity contribution in [2.45, 2.75) is 37.9 Å². The zero-order chi connectivity index (χ0) is 16.4. The fourth-order valence-corrected chi connectivity index (χ4v) is 2.52. The lowest BCUT2D eigenvalue weighted by molar-refractivity contribution is -0.137. The number of hydrogen-bond acceptors (Lipinski definition) is 4. The number of benzene rings is 1. The summed E-state index contributed by atoms with van der Waals surface area (Å²) in [4.78, 5) is 13.0. The van der Waals surface area contributed by atoms with E-state index in [1.54, 1.807) is 0 Å². The Morgan fingerprint density at radius 2 is 1.83 bits per heavy atom. The van der Waals surface area contributed by atoms with Gasteiger partial charge in [0.1, 0.15) is 0 Å². The summed E-state index contributed by atoms with van der Waals surface area (Å²) in [5.74, 6) is -0.521. The standard InChI is InChI=1S/C14H14F3N5O/c15-14(16,17)9-5-7-11(8-6-9)22-20-12(19-21-22)13(23)18-10-3-1-2-4-10/h5-8,10H,1-4H2,(H,18,23). The molecule has 0 unspecified atom stereocenters. The van der Waals surface area contributed by atoms with E-state index in [0.717, 1.165) is 42.6 Å². The number of nitrogens with one attached hydrogen (secondary N) is 1. The summed E-state index contributed by atoms with van der Waals surface area (Å²) in [5.41, 5.74) is -0.467. The Morgan fingerprint density at radius 1 is 1.17 bits per heavy atom. The largest absolute Gasteiger partial charge is 0.416 e. The van der Waals surface area contributed by atoms with E-state index in [4.69, 9.17) is 0 Å². The lowest BCUT2D eigenvalue weighted by Crippen LogP contribution is -2.33. The van der Waals surface area contributed by atoms with Gasteiger partial charge >= 0.3 is 6.18 Å². The monoisotopic (exact) mass is 325 g/mol. The van der Waals surface area contributed by atoms with Crippen LogP contribution in [0.25, 0.3) is 5.69 Å². The zero-order valence-corrected chi connectivity index (χ0v) is 12.0. The molecule has 6 nitrogen and oxygen atoms in total. The molecule has 1 aliphatic carbocycles. The lowest BCUT2D eigenvalue weighted by Gasteiger charge is -2.09. The minimum Gasteiger partial charge on any atom is -0.346 e. The van der Waals surface area contributed by atoms with Crippen molar-refractivity contribution in [3.8, 4) is 5.69 Å². The number of aromatic nitrogens is 4. The molecule has 1 aliphatic rings. The minimum absolute atomic E-state index is 0.100. The van der Waals surface area contributed by atoms with Crippen molar-refractivity contribution in [2.75, 3.05) is 0 Å². The first-order chi connectivity index (χ1) is 10.9. The van der Waals surface area contributed by atoms with E-state index in [-0.39, 0.29) is 11.9 Å². The van der Waals surface area contributed by atoms with Crippen molar-refractivity contribution in [1.82, 2.24) is 25.5 Å². The van der Waals surface area contributed by atoms with E-state index in [2.05, 4.69) is 20.7 Å². The van der Waals surface area contributed by atoms with Crippen molar-refractivity contribution in [1.29, 1.82) is 0 Å². The van der Waals surface area contributed by atoms with Crippen LogP contribution in [-0.2, 0) is 6.18 Å². The molecule has 1 heterocycles. The predicted octanol–water partition coefficient (Wildman–Crippen LogP) is 2.35. The van der Waals surface area contributed by atoms with Gasteiger partial charge in [-0.05, 0) is 42.3 Å². The highest BCUT2D eigenvalue weighted by Gasteiger charge is 2.30. The highest BCUT2D eigenvalue weighted by molar-refractivity contribution is 5.90. The Hall–Kier alpha value is -2.45. The number of rotatable bonds is 3. The van der Waals surface area contributed by atoms with Crippen molar-refractivity contribution in [3.05, 3.63) is 35.7 Å². The first-order valence-electron chi connectivity index (χ1n) is 7.22. The number of halogens is 3. The highest BCUT2D eigenvalue weighted by atomic mass is 19.4. The molecule has 0 spiro atoms. The molecule has 0 aliphatic heterocycles. The number of nitrogens with zero attached hydrogens (tertiary/aromatic N) is 4. The summed E-state index contributed by atoms with van der Waals surface area (Å²) in [5, 5.41) is 14.1. The number of carbonyl (C=O) groups is 1. The zero-order valence-electron chi connectivity index (χ0n) is 12.0. The third-order valence-corrected chi connectivity index (χ3v) is 3.73. The molecule has 1 aromatic heterocycles. The van der Waals surface area contributed by atoms with Crippen molar-refractivity contribution in [2.24, 2.45) is 0 Å². The topological polar surface area (TPSA) is 72.7 Å². The van der Waals surface area contributed by atoms with E-state index >= 15 is 0 Å². The molecule has 3 rings (SSSR count). The van der Waals surface area contributed by atoms with Gasteiger partial charge in [-0.3, -0.25) is 4.79 Å². The number of hydrogen-bond donors (Lipinski definition) is 1. The van der Waals surface area contributed by atoms with Gasteiger partial charge in [-0.15, -0.1) is 15.0 Å². The maximum Gasteiger partial charge on any atom is 0.416 e. The normalized spacial score (nSPS) is 15.8. The van der Waals surface area contributed by atoms with E-state index in [1.165, 1.54) is 12.1 Å². The van der Waals surface area contributed by atoms with Gasteiger partial charge in [0.2, 0.25) is 0 Å². The number of alkyl halides is 3. The average molecular weight is 325 g/mol. The molecule has 2 aromatic rings. The summed E-state index contributed by atoms with van der Waals surface area (Å²) < 4.78 is 37.6. The maximum atomic E-state index is 12.5. The van der Waals surface area contributed by atoms with Crippen LogP contribution >= 0.6 is 0 Å². The van der Waals surface area contributed by atoms with Crippen molar-refractivity contribution < 1.29 is 18.0 Å². The predicted molar refractivity (Wildman–Crippen MR) is 73.9 cm³/mol. The van der Waals surface area contributed by atoms with Crippen LogP contribution in [0.4, 0.5) is 13.2 Å². The summed E-state index contributed by atoms with van der Waals surface area (Å²) in [6.07, 6.45) is -0.383. The van der Waals surface area contributed by atoms with Crippen molar-refractivity contribution in [3.63, 3.8) is 0 Å². The molecular formula is C14H14F3N5O.